The standard InChI is InChI=1S/C19H17ClFN3O2S/c20-11-9-12(21)15(10-17(11)26-16-7-2-1-5-13(16)22)24-18(25)14-6-3-4-8-23(14)19(24)27/h1-2,5,7,9-10,25H,3-4,6,8,22H2. The van der Waals surface area contributed by atoms with Crippen LogP contribution in [-0.4, -0.2) is 14.2 Å². The summed E-state index contributed by atoms with van der Waals surface area (Å²) in [6, 6.07) is 9.50. The zero-order valence-electron chi connectivity index (χ0n) is 14.3. The second-order valence-corrected chi connectivity index (χ2v) is 7.14. The number of hydrogen-bond acceptors (Lipinski definition) is 4. The number of aromatic hydroxyl groups is 1. The highest BCUT2D eigenvalue weighted by Gasteiger charge is 2.23. The zero-order chi connectivity index (χ0) is 19.1. The number of nitrogens with two attached hydrogens (primary N) is 1. The summed E-state index contributed by atoms with van der Waals surface area (Å²) >= 11 is 11.6. The van der Waals surface area contributed by atoms with E-state index < -0.39 is 5.82 Å². The van der Waals surface area contributed by atoms with Crippen molar-refractivity contribution in [1.82, 2.24) is 9.13 Å². The Bertz CT molecular complexity index is 1090. The van der Waals surface area contributed by atoms with Crippen molar-refractivity contribution in [3.8, 4) is 23.1 Å². The van der Waals surface area contributed by atoms with Crippen LogP contribution in [0.5, 0.6) is 17.4 Å². The van der Waals surface area contributed by atoms with E-state index in [4.69, 9.17) is 34.3 Å². The van der Waals surface area contributed by atoms with Gasteiger partial charge in [0.1, 0.15) is 17.3 Å². The second kappa shape index (κ2) is 6.90. The number of anilines is 1. The summed E-state index contributed by atoms with van der Waals surface area (Å²) in [6.45, 7) is 0.702. The summed E-state index contributed by atoms with van der Waals surface area (Å²) < 4.78 is 24.0. The van der Waals surface area contributed by atoms with Crippen LogP contribution in [0.15, 0.2) is 36.4 Å². The molecule has 0 spiro atoms. The molecule has 1 aromatic heterocycles. The van der Waals surface area contributed by atoms with Gasteiger partial charge in [-0.15, -0.1) is 0 Å². The molecule has 5 nitrogen and oxygen atoms in total. The summed E-state index contributed by atoms with van der Waals surface area (Å²) in [5.74, 6) is -0.0359. The fraction of sp³-hybridized carbons (Fsp3) is 0.211. The van der Waals surface area contributed by atoms with E-state index in [0.717, 1.165) is 24.6 Å². The third-order valence-electron chi connectivity index (χ3n) is 4.64. The van der Waals surface area contributed by atoms with E-state index in [2.05, 4.69) is 0 Å². The summed E-state index contributed by atoms with van der Waals surface area (Å²) in [5.41, 5.74) is 7.13. The molecule has 3 aromatic rings. The quantitative estimate of drug-likeness (QED) is 0.463. The Labute approximate surface area is 165 Å². The zero-order valence-corrected chi connectivity index (χ0v) is 15.9. The molecule has 0 aliphatic carbocycles. The minimum atomic E-state index is -0.609. The average molecular weight is 406 g/mol. The molecule has 2 heterocycles. The van der Waals surface area contributed by atoms with Gasteiger partial charge in [-0.2, -0.15) is 0 Å². The topological polar surface area (TPSA) is 65.3 Å². The fourth-order valence-corrected chi connectivity index (χ4v) is 3.87. The number of imidazole rings is 1. The molecule has 0 saturated carbocycles. The van der Waals surface area contributed by atoms with Gasteiger partial charge in [0.05, 0.1) is 22.1 Å². The monoisotopic (exact) mass is 405 g/mol. The molecule has 0 amide bonds. The van der Waals surface area contributed by atoms with Gasteiger partial charge in [-0.05, 0) is 49.7 Å². The van der Waals surface area contributed by atoms with Crippen LogP contribution in [0.1, 0.15) is 18.5 Å². The summed E-state index contributed by atoms with van der Waals surface area (Å²) in [4.78, 5) is 0. The molecule has 0 bridgehead atoms. The van der Waals surface area contributed by atoms with E-state index in [1.54, 1.807) is 24.3 Å². The van der Waals surface area contributed by atoms with Crippen molar-refractivity contribution in [3.63, 3.8) is 0 Å². The van der Waals surface area contributed by atoms with Gasteiger partial charge in [0, 0.05) is 12.6 Å². The lowest BCUT2D eigenvalue weighted by Gasteiger charge is -2.13. The van der Waals surface area contributed by atoms with Crippen LogP contribution in [0.3, 0.4) is 0 Å². The third kappa shape index (κ3) is 3.07. The normalized spacial score (nSPS) is 13.4. The van der Waals surface area contributed by atoms with Gasteiger partial charge in [0.15, 0.2) is 4.77 Å². The van der Waals surface area contributed by atoms with Crippen LogP contribution in [0.2, 0.25) is 5.02 Å². The molecule has 0 fully saturated rings. The first kappa shape index (κ1) is 17.9. The number of fused-ring (bicyclic) bond motifs is 1. The molecule has 0 saturated heterocycles. The molecule has 1 aliphatic rings. The Morgan fingerprint density at radius 3 is 2.70 bits per heavy atom. The number of benzene rings is 2. The number of halogens is 2. The van der Waals surface area contributed by atoms with Crippen LogP contribution >= 0.6 is 23.8 Å². The molecule has 0 radical (unpaired) electrons. The largest absolute Gasteiger partial charge is 0.493 e. The molecule has 0 unspecified atom stereocenters. The van der Waals surface area contributed by atoms with Crippen LogP contribution in [0, 0.1) is 10.6 Å². The molecule has 2 aromatic carbocycles. The van der Waals surface area contributed by atoms with E-state index in [9.17, 15) is 9.50 Å². The Kier molecular flexibility index (Phi) is 4.57. The molecule has 1 aliphatic heterocycles. The molecule has 8 heteroatoms. The van der Waals surface area contributed by atoms with Crippen molar-refractivity contribution >= 4 is 29.5 Å². The predicted octanol–water partition coefficient (Wildman–Crippen LogP) is 5.22. The highest BCUT2D eigenvalue weighted by atomic mass is 35.5. The molecule has 27 heavy (non-hydrogen) atoms. The van der Waals surface area contributed by atoms with Crippen molar-refractivity contribution in [3.05, 3.63) is 57.7 Å². The van der Waals surface area contributed by atoms with Crippen molar-refractivity contribution in [2.24, 2.45) is 0 Å². The molecular weight excluding hydrogens is 389 g/mol. The Morgan fingerprint density at radius 2 is 1.96 bits per heavy atom. The lowest BCUT2D eigenvalue weighted by Crippen LogP contribution is -2.09. The van der Waals surface area contributed by atoms with Gasteiger partial charge in [0.25, 0.3) is 0 Å². The van der Waals surface area contributed by atoms with Crippen LogP contribution in [-0.2, 0) is 13.0 Å². The summed E-state index contributed by atoms with van der Waals surface area (Å²) in [5, 5.41) is 10.7. The Balaban J connectivity index is 1.85. The maximum absolute atomic E-state index is 14.7. The van der Waals surface area contributed by atoms with E-state index >= 15 is 0 Å². The van der Waals surface area contributed by atoms with Crippen LogP contribution < -0.4 is 10.5 Å². The minimum Gasteiger partial charge on any atom is -0.493 e. The van der Waals surface area contributed by atoms with E-state index in [1.807, 2.05) is 4.57 Å². The first-order chi connectivity index (χ1) is 13.0. The molecular formula is C19H17ClFN3O2S. The maximum atomic E-state index is 14.7. The van der Waals surface area contributed by atoms with Crippen molar-refractivity contribution in [2.75, 3.05) is 5.73 Å². The van der Waals surface area contributed by atoms with Crippen LogP contribution in [0.4, 0.5) is 10.1 Å². The number of rotatable bonds is 3. The number of hydrogen-bond donors (Lipinski definition) is 2. The minimum absolute atomic E-state index is 0.0499. The van der Waals surface area contributed by atoms with Gasteiger partial charge < -0.3 is 20.1 Å². The fourth-order valence-electron chi connectivity index (χ4n) is 3.29. The highest BCUT2D eigenvalue weighted by molar-refractivity contribution is 7.71. The lowest BCUT2D eigenvalue weighted by atomic mass is 10.1. The van der Waals surface area contributed by atoms with Crippen LogP contribution in [0.25, 0.3) is 5.69 Å². The van der Waals surface area contributed by atoms with E-state index in [1.165, 1.54) is 10.6 Å². The van der Waals surface area contributed by atoms with E-state index in [-0.39, 0.29) is 22.3 Å². The SMILES string of the molecule is Nc1ccccc1Oc1cc(-n2c(O)c3n(c2=S)CCCC3)c(F)cc1Cl. The van der Waals surface area contributed by atoms with Gasteiger partial charge in [0.2, 0.25) is 5.88 Å². The van der Waals surface area contributed by atoms with Crippen molar-refractivity contribution in [2.45, 2.75) is 25.8 Å². The number of ether oxygens (including phenoxy) is 1. The van der Waals surface area contributed by atoms with Crippen molar-refractivity contribution in [1.29, 1.82) is 0 Å². The van der Waals surface area contributed by atoms with Gasteiger partial charge in [-0.25, -0.2) is 4.39 Å². The smallest absolute Gasteiger partial charge is 0.218 e. The third-order valence-corrected chi connectivity index (χ3v) is 5.34. The van der Waals surface area contributed by atoms with E-state index in [0.29, 0.717) is 29.2 Å². The predicted molar refractivity (Wildman–Crippen MR) is 105 cm³/mol. The highest BCUT2D eigenvalue weighted by Crippen LogP contribution is 2.37. The number of aromatic nitrogens is 2. The summed E-state index contributed by atoms with van der Waals surface area (Å²) in [7, 11) is 0. The Hall–Kier alpha value is -2.51. The van der Waals surface area contributed by atoms with Gasteiger partial charge in [-0.1, -0.05) is 23.7 Å². The molecule has 3 N–H and O–H groups in total. The Morgan fingerprint density at radius 1 is 1.19 bits per heavy atom. The maximum Gasteiger partial charge on any atom is 0.218 e. The number of nitrogen functional groups attached to an aromatic ring is 1. The lowest BCUT2D eigenvalue weighted by molar-refractivity contribution is 0.423. The van der Waals surface area contributed by atoms with Gasteiger partial charge in [-0.3, -0.25) is 4.57 Å². The van der Waals surface area contributed by atoms with Crippen molar-refractivity contribution < 1.29 is 14.2 Å². The molecule has 0 atom stereocenters. The average Bonchev–Trinajstić information content (AvgIpc) is 2.91. The molecule has 4 rings (SSSR count). The number of para-hydroxylation sites is 2. The molecule has 140 valence electrons. The second-order valence-electron chi connectivity index (χ2n) is 6.37. The first-order valence-corrected chi connectivity index (χ1v) is 9.31. The number of nitrogens with zero attached hydrogens (tertiary/aromatic N) is 2. The van der Waals surface area contributed by atoms with Gasteiger partial charge >= 0.3 is 0 Å². The first-order valence-electron chi connectivity index (χ1n) is 8.52. The summed E-state index contributed by atoms with van der Waals surface area (Å²) in [6.07, 6.45) is 2.62.